The van der Waals surface area contributed by atoms with Gasteiger partial charge in [0.1, 0.15) is 11.7 Å². The van der Waals surface area contributed by atoms with Crippen LogP contribution < -0.4 is 0 Å². The van der Waals surface area contributed by atoms with Gasteiger partial charge in [0, 0.05) is 0 Å². The largest absolute Gasteiger partial charge is 0.480 e. The summed E-state index contributed by atoms with van der Waals surface area (Å²) < 4.78 is 6.02. The Balaban J connectivity index is 2.48. The van der Waals surface area contributed by atoms with E-state index in [-0.39, 0.29) is 5.60 Å². The number of nitrogens with zero attached hydrogens (tertiary/aromatic N) is 2. The van der Waals surface area contributed by atoms with Gasteiger partial charge in [-0.1, -0.05) is 6.42 Å². The SMILES string of the molecule is CC1=C(C#N)/C(=C(\C)C#N)OC12CCCCC2. The molecular weight excluding hydrogens is 212 g/mol. The van der Waals surface area contributed by atoms with E-state index < -0.39 is 0 Å². The lowest BCUT2D eigenvalue weighted by Crippen LogP contribution is -2.32. The number of hydrogen-bond donors (Lipinski definition) is 0. The second-order valence-corrected chi connectivity index (χ2v) is 4.83. The molecule has 17 heavy (non-hydrogen) atoms. The molecular formula is C14H16N2O. The smallest absolute Gasteiger partial charge is 0.151 e. The van der Waals surface area contributed by atoms with E-state index in [2.05, 4.69) is 12.1 Å². The highest BCUT2D eigenvalue weighted by atomic mass is 16.5. The van der Waals surface area contributed by atoms with E-state index in [1.807, 2.05) is 6.92 Å². The zero-order valence-corrected chi connectivity index (χ0v) is 10.3. The molecule has 2 rings (SSSR count). The third-order valence-corrected chi connectivity index (χ3v) is 3.86. The van der Waals surface area contributed by atoms with Crippen LogP contribution in [0.15, 0.2) is 22.5 Å². The van der Waals surface area contributed by atoms with Crippen molar-refractivity contribution in [2.45, 2.75) is 51.6 Å². The normalized spacial score (nSPS) is 25.2. The zero-order chi connectivity index (χ0) is 12.5. The Labute approximate surface area is 102 Å². The third-order valence-electron chi connectivity index (χ3n) is 3.86. The fourth-order valence-corrected chi connectivity index (χ4v) is 2.77. The van der Waals surface area contributed by atoms with E-state index in [1.54, 1.807) is 6.92 Å². The minimum absolute atomic E-state index is 0.295. The molecule has 0 unspecified atom stereocenters. The number of rotatable bonds is 0. The van der Waals surface area contributed by atoms with Gasteiger partial charge in [0.05, 0.1) is 17.2 Å². The van der Waals surface area contributed by atoms with Crippen molar-refractivity contribution in [1.82, 2.24) is 0 Å². The highest BCUT2D eigenvalue weighted by molar-refractivity contribution is 5.53. The fourth-order valence-electron chi connectivity index (χ4n) is 2.77. The van der Waals surface area contributed by atoms with Crippen LogP contribution in [0, 0.1) is 22.7 Å². The molecule has 0 aromatic heterocycles. The molecule has 1 aliphatic heterocycles. The monoisotopic (exact) mass is 228 g/mol. The zero-order valence-electron chi connectivity index (χ0n) is 10.3. The van der Waals surface area contributed by atoms with E-state index in [4.69, 9.17) is 10.00 Å². The van der Waals surface area contributed by atoms with Gasteiger partial charge in [-0.25, -0.2) is 0 Å². The topological polar surface area (TPSA) is 56.8 Å². The molecule has 0 N–H and O–H groups in total. The Kier molecular flexibility index (Phi) is 2.94. The third kappa shape index (κ3) is 1.72. The summed E-state index contributed by atoms with van der Waals surface area (Å²) in [6, 6.07) is 4.28. The highest BCUT2D eigenvalue weighted by Gasteiger charge is 2.44. The standard InChI is InChI=1S/C14H16N2O/c1-10(8-15)13-12(9-16)11(2)14(17-13)6-4-3-5-7-14/h3-7H2,1-2H3/b13-10-. The van der Waals surface area contributed by atoms with E-state index in [9.17, 15) is 5.26 Å². The average molecular weight is 228 g/mol. The van der Waals surface area contributed by atoms with Gasteiger partial charge in [0.25, 0.3) is 0 Å². The Morgan fingerprint density at radius 3 is 2.41 bits per heavy atom. The van der Waals surface area contributed by atoms with Crippen molar-refractivity contribution in [3.8, 4) is 12.1 Å². The van der Waals surface area contributed by atoms with Gasteiger partial charge in [0.15, 0.2) is 5.76 Å². The average Bonchev–Trinajstić information content (AvgIpc) is 2.63. The van der Waals surface area contributed by atoms with Crippen LogP contribution in [0.4, 0.5) is 0 Å². The summed E-state index contributed by atoms with van der Waals surface area (Å²) in [4.78, 5) is 0. The van der Waals surface area contributed by atoms with E-state index in [0.717, 1.165) is 31.3 Å². The minimum Gasteiger partial charge on any atom is -0.480 e. The molecule has 1 fully saturated rings. The Bertz CT molecular complexity index is 479. The predicted molar refractivity (Wildman–Crippen MR) is 63.5 cm³/mol. The lowest BCUT2D eigenvalue weighted by atomic mass is 9.79. The molecule has 1 saturated carbocycles. The van der Waals surface area contributed by atoms with Crippen LogP contribution in [0.5, 0.6) is 0 Å². The van der Waals surface area contributed by atoms with Crippen molar-refractivity contribution in [1.29, 1.82) is 10.5 Å². The molecule has 2 aliphatic rings. The van der Waals surface area contributed by atoms with Crippen molar-refractivity contribution in [2.75, 3.05) is 0 Å². The Morgan fingerprint density at radius 2 is 1.88 bits per heavy atom. The van der Waals surface area contributed by atoms with Crippen LogP contribution in [0.3, 0.4) is 0 Å². The summed E-state index contributed by atoms with van der Waals surface area (Å²) in [5.41, 5.74) is 1.80. The minimum atomic E-state index is -0.295. The first kappa shape index (κ1) is 11.7. The number of ether oxygens (including phenoxy) is 1. The second kappa shape index (κ2) is 4.26. The molecule has 0 amide bonds. The van der Waals surface area contributed by atoms with Crippen LogP contribution >= 0.6 is 0 Å². The van der Waals surface area contributed by atoms with Gasteiger partial charge in [-0.3, -0.25) is 0 Å². The summed E-state index contributed by atoms with van der Waals surface area (Å²) in [5, 5.41) is 18.2. The van der Waals surface area contributed by atoms with Crippen molar-refractivity contribution in [3.63, 3.8) is 0 Å². The first-order valence-electron chi connectivity index (χ1n) is 6.06. The first-order valence-corrected chi connectivity index (χ1v) is 6.06. The molecule has 0 radical (unpaired) electrons. The summed E-state index contributed by atoms with van der Waals surface area (Å²) in [6.07, 6.45) is 5.43. The quantitative estimate of drug-likeness (QED) is 0.597. The van der Waals surface area contributed by atoms with Crippen molar-refractivity contribution in [3.05, 3.63) is 22.5 Å². The van der Waals surface area contributed by atoms with Crippen LogP contribution in [0.2, 0.25) is 0 Å². The molecule has 1 aliphatic carbocycles. The first-order chi connectivity index (χ1) is 8.14. The lowest BCUT2D eigenvalue weighted by Gasteiger charge is -2.34. The fraction of sp³-hybridized carbons (Fsp3) is 0.571. The molecule has 0 bridgehead atoms. The van der Waals surface area contributed by atoms with Crippen molar-refractivity contribution >= 4 is 0 Å². The van der Waals surface area contributed by atoms with Gasteiger partial charge in [-0.15, -0.1) is 0 Å². The van der Waals surface area contributed by atoms with Gasteiger partial charge in [0.2, 0.25) is 0 Å². The predicted octanol–water partition coefficient (Wildman–Crippen LogP) is 3.36. The highest BCUT2D eigenvalue weighted by Crippen LogP contribution is 2.47. The number of nitriles is 2. The van der Waals surface area contributed by atoms with Crippen LogP contribution in [-0.4, -0.2) is 5.60 Å². The van der Waals surface area contributed by atoms with Gasteiger partial charge < -0.3 is 4.74 Å². The van der Waals surface area contributed by atoms with Gasteiger partial charge in [-0.05, 0) is 45.1 Å². The van der Waals surface area contributed by atoms with Crippen molar-refractivity contribution in [2.24, 2.45) is 0 Å². The Morgan fingerprint density at radius 1 is 1.24 bits per heavy atom. The van der Waals surface area contributed by atoms with E-state index >= 15 is 0 Å². The van der Waals surface area contributed by atoms with Crippen LogP contribution in [0.25, 0.3) is 0 Å². The maximum Gasteiger partial charge on any atom is 0.151 e. The molecule has 0 atom stereocenters. The van der Waals surface area contributed by atoms with E-state index in [1.165, 1.54) is 6.42 Å². The summed E-state index contributed by atoms with van der Waals surface area (Å²) in [7, 11) is 0. The maximum absolute atomic E-state index is 9.23. The molecule has 0 aromatic rings. The maximum atomic E-state index is 9.23. The van der Waals surface area contributed by atoms with E-state index in [0.29, 0.717) is 16.9 Å². The molecule has 3 nitrogen and oxygen atoms in total. The summed E-state index contributed by atoms with van der Waals surface area (Å²) >= 11 is 0. The van der Waals surface area contributed by atoms with Gasteiger partial charge >= 0.3 is 0 Å². The molecule has 1 spiro atoms. The number of hydrogen-bond acceptors (Lipinski definition) is 3. The Hall–Kier alpha value is -1.74. The number of allylic oxidation sites excluding steroid dienone is 2. The summed E-state index contributed by atoms with van der Waals surface area (Å²) in [6.45, 7) is 3.68. The molecule has 0 aromatic carbocycles. The summed E-state index contributed by atoms with van der Waals surface area (Å²) in [5.74, 6) is 0.509. The van der Waals surface area contributed by atoms with Crippen LogP contribution in [0.1, 0.15) is 46.0 Å². The van der Waals surface area contributed by atoms with Gasteiger partial charge in [-0.2, -0.15) is 10.5 Å². The van der Waals surface area contributed by atoms with Crippen LogP contribution in [-0.2, 0) is 4.74 Å². The lowest BCUT2D eigenvalue weighted by molar-refractivity contribution is 0.0230. The molecule has 88 valence electrons. The molecule has 0 saturated heterocycles. The second-order valence-electron chi connectivity index (χ2n) is 4.83. The van der Waals surface area contributed by atoms with Crippen molar-refractivity contribution < 1.29 is 4.74 Å². The molecule has 1 heterocycles. The molecule has 3 heteroatoms.